The van der Waals surface area contributed by atoms with Crippen LogP contribution in [0.15, 0.2) is 6.07 Å². The van der Waals surface area contributed by atoms with Gasteiger partial charge in [0.15, 0.2) is 5.82 Å². The number of nitrogen functional groups attached to an aromatic ring is 1. The number of ether oxygens (including phenoxy) is 1. The Hall–Kier alpha value is -1.89. The van der Waals surface area contributed by atoms with Crippen LogP contribution in [0, 0.1) is 13.8 Å². The molecular formula is C17H21ClN4O2. The summed E-state index contributed by atoms with van der Waals surface area (Å²) in [5.41, 5.74) is 10.4. The SMILES string of the molecule is CCOCc1nc2c(N)nc3cc(Cl)c(C)c(C)c3c2n1CCO. The molecule has 0 amide bonds. The predicted molar refractivity (Wildman–Crippen MR) is 96.3 cm³/mol. The summed E-state index contributed by atoms with van der Waals surface area (Å²) in [6, 6.07) is 1.83. The van der Waals surface area contributed by atoms with Gasteiger partial charge in [0.05, 0.1) is 17.6 Å². The lowest BCUT2D eigenvalue weighted by Gasteiger charge is -2.13. The lowest BCUT2D eigenvalue weighted by Crippen LogP contribution is -2.09. The van der Waals surface area contributed by atoms with Crippen molar-refractivity contribution in [3.8, 4) is 0 Å². The van der Waals surface area contributed by atoms with Crippen LogP contribution in [-0.4, -0.2) is 32.9 Å². The molecule has 0 aliphatic rings. The molecule has 0 bridgehead atoms. The van der Waals surface area contributed by atoms with Crippen molar-refractivity contribution in [3.05, 3.63) is 28.0 Å². The van der Waals surface area contributed by atoms with Crippen LogP contribution in [0.25, 0.3) is 21.9 Å². The number of aryl methyl sites for hydroxylation is 1. The van der Waals surface area contributed by atoms with Crippen molar-refractivity contribution in [3.63, 3.8) is 0 Å². The third-order valence-electron chi connectivity index (χ3n) is 4.34. The number of fused-ring (bicyclic) bond motifs is 3. The molecule has 128 valence electrons. The van der Waals surface area contributed by atoms with Crippen molar-refractivity contribution >= 4 is 39.4 Å². The third kappa shape index (κ3) is 2.60. The van der Waals surface area contributed by atoms with Crippen LogP contribution in [0.4, 0.5) is 5.82 Å². The number of pyridine rings is 1. The normalized spacial score (nSPS) is 11.7. The maximum atomic E-state index is 9.50. The number of hydrogen-bond donors (Lipinski definition) is 2. The van der Waals surface area contributed by atoms with E-state index in [2.05, 4.69) is 9.97 Å². The molecule has 2 heterocycles. The van der Waals surface area contributed by atoms with E-state index in [0.29, 0.717) is 36.1 Å². The van der Waals surface area contributed by atoms with Crippen molar-refractivity contribution in [2.75, 3.05) is 18.9 Å². The van der Waals surface area contributed by atoms with Crippen molar-refractivity contribution in [1.29, 1.82) is 0 Å². The minimum atomic E-state index is -0.0000739. The van der Waals surface area contributed by atoms with E-state index in [4.69, 9.17) is 22.1 Å². The molecule has 0 aliphatic carbocycles. The zero-order chi connectivity index (χ0) is 17.4. The Labute approximate surface area is 145 Å². The molecule has 0 radical (unpaired) electrons. The number of anilines is 1. The van der Waals surface area contributed by atoms with Crippen LogP contribution in [0.3, 0.4) is 0 Å². The highest BCUT2D eigenvalue weighted by Gasteiger charge is 2.19. The molecule has 0 aliphatic heterocycles. The van der Waals surface area contributed by atoms with Crippen molar-refractivity contribution in [1.82, 2.24) is 14.5 Å². The minimum absolute atomic E-state index is 0.0000739. The van der Waals surface area contributed by atoms with Crippen LogP contribution in [0.5, 0.6) is 0 Å². The van der Waals surface area contributed by atoms with E-state index in [9.17, 15) is 5.11 Å². The second kappa shape index (κ2) is 6.55. The first kappa shape index (κ1) is 17.0. The molecule has 0 atom stereocenters. The fourth-order valence-corrected chi connectivity index (χ4v) is 3.25. The van der Waals surface area contributed by atoms with Gasteiger partial charge in [-0.05, 0) is 38.0 Å². The lowest BCUT2D eigenvalue weighted by molar-refractivity contribution is 0.125. The Morgan fingerprint density at radius 1 is 1.29 bits per heavy atom. The summed E-state index contributed by atoms with van der Waals surface area (Å²) in [7, 11) is 0. The van der Waals surface area contributed by atoms with E-state index >= 15 is 0 Å². The third-order valence-corrected chi connectivity index (χ3v) is 4.73. The molecule has 0 unspecified atom stereocenters. The number of aromatic nitrogens is 3. The monoisotopic (exact) mass is 348 g/mol. The first-order valence-electron chi connectivity index (χ1n) is 7.92. The first-order chi connectivity index (χ1) is 11.5. The summed E-state index contributed by atoms with van der Waals surface area (Å²) in [5, 5.41) is 11.1. The topological polar surface area (TPSA) is 86.2 Å². The van der Waals surface area contributed by atoms with Crippen LogP contribution >= 0.6 is 11.6 Å². The minimum Gasteiger partial charge on any atom is -0.395 e. The first-order valence-corrected chi connectivity index (χ1v) is 8.30. The highest BCUT2D eigenvalue weighted by Crippen LogP contribution is 2.35. The van der Waals surface area contributed by atoms with Crippen molar-refractivity contribution in [2.45, 2.75) is 33.9 Å². The number of rotatable bonds is 5. The van der Waals surface area contributed by atoms with E-state index in [0.717, 1.165) is 33.4 Å². The van der Waals surface area contributed by atoms with Gasteiger partial charge in [0, 0.05) is 23.6 Å². The van der Waals surface area contributed by atoms with Crippen molar-refractivity contribution < 1.29 is 9.84 Å². The zero-order valence-corrected chi connectivity index (χ0v) is 14.8. The molecule has 7 heteroatoms. The molecule has 24 heavy (non-hydrogen) atoms. The second-order valence-electron chi connectivity index (χ2n) is 5.74. The number of aliphatic hydroxyl groups excluding tert-OH is 1. The standard InChI is InChI=1S/C17H21ClN4O2/c1-4-24-8-13-21-15-16(22(13)5-6-23)14-10(3)9(2)11(18)7-12(14)20-17(15)19/h7,23H,4-6,8H2,1-3H3,(H2,19,20). The van der Waals surface area contributed by atoms with E-state index in [-0.39, 0.29) is 6.61 Å². The van der Waals surface area contributed by atoms with Gasteiger partial charge in [-0.1, -0.05) is 11.6 Å². The molecule has 0 spiro atoms. The van der Waals surface area contributed by atoms with Gasteiger partial charge in [-0.25, -0.2) is 9.97 Å². The van der Waals surface area contributed by atoms with Crippen LogP contribution in [0.1, 0.15) is 23.9 Å². The second-order valence-corrected chi connectivity index (χ2v) is 6.14. The number of benzene rings is 1. The predicted octanol–water partition coefficient (Wildman–Crippen LogP) is 2.97. The number of halogens is 1. The van der Waals surface area contributed by atoms with E-state index in [1.165, 1.54) is 0 Å². The Morgan fingerprint density at radius 2 is 2.04 bits per heavy atom. The summed E-state index contributed by atoms with van der Waals surface area (Å²) in [6.07, 6.45) is 0. The molecule has 2 aromatic heterocycles. The quantitative estimate of drug-likeness (QED) is 0.740. The highest BCUT2D eigenvalue weighted by molar-refractivity contribution is 6.32. The molecular weight excluding hydrogens is 328 g/mol. The summed E-state index contributed by atoms with van der Waals surface area (Å²) in [4.78, 5) is 9.09. The summed E-state index contributed by atoms with van der Waals surface area (Å²) in [6.45, 7) is 7.28. The van der Waals surface area contributed by atoms with Gasteiger partial charge in [-0.3, -0.25) is 0 Å². The van der Waals surface area contributed by atoms with Gasteiger partial charge in [0.25, 0.3) is 0 Å². The van der Waals surface area contributed by atoms with Gasteiger partial charge in [0.2, 0.25) is 0 Å². The highest BCUT2D eigenvalue weighted by atomic mass is 35.5. The largest absolute Gasteiger partial charge is 0.395 e. The average Bonchev–Trinajstić information content (AvgIpc) is 2.90. The smallest absolute Gasteiger partial charge is 0.152 e. The number of hydrogen-bond acceptors (Lipinski definition) is 5. The van der Waals surface area contributed by atoms with Gasteiger partial charge in [-0.2, -0.15) is 0 Å². The van der Waals surface area contributed by atoms with Gasteiger partial charge in [0.1, 0.15) is 17.9 Å². The molecule has 3 aromatic rings. The molecule has 3 N–H and O–H groups in total. The molecule has 0 saturated heterocycles. The van der Waals surface area contributed by atoms with Gasteiger partial charge >= 0.3 is 0 Å². The van der Waals surface area contributed by atoms with E-state index in [1.807, 2.05) is 31.4 Å². The maximum Gasteiger partial charge on any atom is 0.152 e. The Morgan fingerprint density at radius 3 is 2.71 bits per heavy atom. The van der Waals surface area contributed by atoms with Gasteiger partial charge in [-0.15, -0.1) is 0 Å². The Bertz CT molecular complexity index is 920. The van der Waals surface area contributed by atoms with E-state index < -0.39 is 0 Å². The number of nitrogens with zero attached hydrogens (tertiary/aromatic N) is 3. The fourth-order valence-electron chi connectivity index (χ4n) is 3.00. The number of imidazole rings is 1. The number of nitrogens with two attached hydrogens (primary N) is 1. The Kier molecular flexibility index (Phi) is 4.62. The number of aliphatic hydroxyl groups is 1. The van der Waals surface area contributed by atoms with E-state index in [1.54, 1.807) is 0 Å². The fraction of sp³-hybridized carbons (Fsp3) is 0.412. The summed E-state index contributed by atoms with van der Waals surface area (Å²) < 4.78 is 7.48. The van der Waals surface area contributed by atoms with Gasteiger partial charge < -0.3 is 20.1 Å². The average molecular weight is 349 g/mol. The molecule has 0 fully saturated rings. The molecule has 3 rings (SSSR count). The molecule has 6 nitrogen and oxygen atoms in total. The summed E-state index contributed by atoms with van der Waals surface area (Å²) >= 11 is 6.31. The van der Waals surface area contributed by atoms with Crippen LogP contribution < -0.4 is 5.73 Å². The van der Waals surface area contributed by atoms with Crippen LogP contribution in [-0.2, 0) is 17.9 Å². The Balaban J connectivity index is 2.44. The van der Waals surface area contributed by atoms with Crippen molar-refractivity contribution in [2.24, 2.45) is 0 Å². The maximum absolute atomic E-state index is 9.50. The summed E-state index contributed by atoms with van der Waals surface area (Å²) in [5.74, 6) is 1.08. The molecule has 0 saturated carbocycles. The zero-order valence-electron chi connectivity index (χ0n) is 14.1. The molecule has 1 aromatic carbocycles. The van der Waals surface area contributed by atoms with Crippen LogP contribution in [0.2, 0.25) is 5.02 Å². The lowest BCUT2D eigenvalue weighted by atomic mass is 10.0.